The highest BCUT2D eigenvalue weighted by Gasteiger charge is 2.59. The Morgan fingerprint density at radius 1 is 1.28 bits per heavy atom. The van der Waals surface area contributed by atoms with Gasteiger partial charge in [0.25, 0.3) is 0 Å². The van der Waals surface area contributed by atoms with Crippen LogP contribution >= 0.6 is 0 Å². The molecule has 3 rings (SSSR count). The van der Waals surface area contributed by atoms with Crippen LogP contribution in [0, 0.1) is 30.6 Å². The summed E-state index contributed by atoms with van der Waals surface area (Å²) in [4.78, 5) is 0. The van der Waals surface area contributed by atoms with E-state index >= 15 is 0 Å². The Morgan fingerprint density at radius 3 is 2.50 bits per heavy atom. The molecule has 0 spiro atoms. The zero-order valence-electron chi connectivity index (χ0n) is 12.2. The van der Waals surface area contributed by atoms with E-state index in [4.69, 9.17) is 0 Å². The Hall–Kier alpha value is -0.990. The van der Waals surface area contributed by atoms with E-state index in [1.54, 1.807) is 0 Å². The van der Waals surface area contributed by atoms with Gasteiger partial charge in [0.1, 0.15) is 0 Å². The van der Waals surface area contributed by atoms with Gasteiger partial charge in [-0.15, -0.1) is 0 Å². The first-order valence-corrected chi connectivity index (χ1v) is 7.13. The first-order chi connectivity index (χ1) is 8.34. The third kappa shape index (κ3) is 1.45. The average Bonchev–Trinajstić information content (AvgIpc) is 2.86. The smallest absolute Gasteiger partial charge is 0.0825 e. The van der Waals surface area contributed by atoms with Crippen molar-refractivity contribution in [3.05, 3.63) is 11.4 Å². The number of H-pyrrole nitrogens is 1. The molecular weight excluding hydrogens is 222 g/mol. The molecule has 0 aromatic carbocycles. The molecule has 2 bridgehead atoms. The molecule has 0 radical (unpaired) electrons. The van der Waals surface area contributed by atoms with E-state index in [1.807, 2.05) is 0 Å². The van der Waals surface area contributed by atoms with Crippen molar-refractivity contribution in [3.63, 3.8) is 0 Å². The molecule has 18 heavy (non-hydrogen) atoms. The SMILES string of the molecule is Cc1n[nH]c(C)c1NC1C(C)(C)[C@H]2CC[C@]1(C)C2. The van der Waals surface area contributed by atoms with Crippen molar-refractivity contribution in [2.24, 2.45) is 16.7 Å². The summed E-state index contributed by atoms with van der Waals surface area (Å²) in [6.07, 6.45) is 4.16. The molecule has 3 heteroatoms. The maximum absolute atomic E-state index is 4.30. The van der Waals surface area contributed by atoms with Crippen molar-refractivity contribution in [2.45, 2.75) is 59.9 Å². The van der Waals surface area contributed by atoms with Crippen molar-refractivity contribution in [1.82, 2.24) is 10.2 Å². The highest BCUT2D eigenvalue weighted by Crippen LogP contribution is 2.63. The molecule has 2 saturated carbocycles. The fourth-order valence-corrected chi connectivity index (χ4v) is 4.57. The third-order valence-electron chi connectivity index (χ3n) is 5.69. The largest absolute Gasteiger partial charge is 0.378 e. The van der Waals surface area contributed by atoms with Crippen LogP contribution < -0.4 is 5.32 Å². The molecule has 1 unspecified atom stereocenters. The van der Waals surface area contributed by atoms with Crippen LogP contribution in [0.15, 0.2) is 0 Å². The van der Waals surface area contributed by atoms with E-state index in [0.717, 1.165) is 17.3 Å². The lowest BCUT2D eigenvalue weighted by atomic mass is 9.68. The number of aryl methyl sites for hydroxylation is 2. The molecule has 0 aliphatic heterocycles. The summed E-state index contributed by atoms with van der Waals surface area (Å²) < 4.78 is 0. The summed E-state index contributed by atoms with van der Waals surface area (Å²) >= 11 is 0. The van der Waals surface area contributed by atoms with Crippen LogP contribution in [-0.4, -0.2) is 16.2 Å². The zero-order chi connectivity index (χ0) is 13.1. The summed E-state index contributed by atoms with van der Waals surface area (Å²) in [7, 11) is 0. The van der Waals surface area contributed by atoms with Gasteiger partial charge in [-0.25, -0.2) is 0 Å². The normalized spacial score (nSPS) is 37.2. The zero-order valence-corrected chi connectivity index (χ0v) is 12.2. The Morgan fingerprint density at radius 2 is 2.00 bits per heavy atom. The number of hydrogen-bond donors (Lipinski definition) is 2. The fraction of sp³-hybridized carbons (Fsp3) is 0.800. The molecule has 0 saturated heterocycles. The van der Waals surface area contributed by atoms with Gasteiger partial charge in [0.2, 0.25) is 0 Å². The lowest BCUT2D eigenvalue weighted by molar-refractivity contribution is 0.155. The van der Waals surface area contributed by atoms with E-state index in [1.165, 1.54) is 24.9 Å². The van der Waals surface area contributed by atoms with Gasteiger partial charge < -0.3 is 5.32 Å². The second-order valence-electron chi connectivity index (χ2n) is 7.30. The summed E-state index contributed by atoms with van der Waals surface area (Å²) in [5.41, 5.74) is 4.33. The number of nitrogens with one attached hydrogen (secondary N) is 2. The number of rotatable bonds is 2. The van der Waals surface area contributed by atoms with E-state index in [9.17, 15) is 0 Å². The summed E-state index contributed by atoms with van der Waals surface area (Å²) in [6.45, 7) is 11.5. The minimum Gasteiger partial charge on any atom is -0.378 e. The number of nitrogens with zero attached hydrogens (tertiary/aromatic N) is 1. The number of fused-ring (bicyclic) bond motifs is 2. The van der Waals surface area contributed by atoms with Crippen molar-refractivity contribution >= 4 is 5.69 Å². The van der Waals surface area contributed by atoms with Gasteiger partial charge in [0.05, 0.1) is 17.1 Å². The van der Waals surface area contributed by atoms with E-state index in [-0.39, 0.29) is 0 Å². The van der Waals surface area contributed by atoms with E-state index in [0.29, 0.717) is 16.9 Å². The fourth-order valence-electron chi connectivity index (χ4n) is 4.57. The van der Waals surface area contributed by atoms with Gasteiger partial charge in [0, 0.05) is 6.04 Å². The number of hydrogen-bond acceptors (Lipinski definition) is 2. The monoisotopic (exact) mass is 247 g/mol. The second-order valence-corrected chi connectivity index (χ2v) is 7.30. The van der Waals surface area contributed by atoms with Crippen LogP contribution in [0.4, 0.5) is 5.69 Å². The first-order valence-electron chi connectivity index (χ1n) is 7.13. The topological polar surface area (TPSA) is 40.7 Å². The number of aromatic amines is 1. The Kier molecular flexibility index (Phi) is 2.36. The molecule has 2 N–H and O–H groups in total. The van der Waals surface area contributed by atoms with Crippen molar-refractivity contribution in [1.29, 1.82) is 0 Å². The Bertz CT molecular complexity index is 450. The molecule has 2 fully saturated rings. The molecule has 100 valence electrons. The van der Waals surface area contributed by atoms with Crippen molar-refractivity contribution in [3.8, 4) is 0 Å². The van der Waals surface area contributed by atoms with Crippen molar-refractivity contribution in [2.75, 3.05) is 5.32 Å². The predicted molar refractivity (Wildman–Crippen MR) is 74.7 cm³/mol. The van der Waals surface area contributed by atoms with Crippen LogP contribution in [0.1, 0.15) is 51.4 Å². The number of anilines is 1. The van der Waals surface area contributed by atoms with Crippen LogP contribution in [0.25, 0.3) is 0 Å². The standard InChI is InChI=1S/C15H25N3/c1-9-12(10(2)18-17-9)16-13-14(3,4)11-6-7-15(13,5)8-11/h11,13,16H,6-8H2,1-5H3,(H,17,18)/t11-,13?,15+/m0/s1. The maximum atomic E-state index is 4.30. The van der Waals surface area contributed by atoms with Gasteiger partial charge >= 0.3 is 0 Å². The molecule has 3 atom stereocenters. The van der Waals surface area contributed by atoms with E-state index < -0.39 is 0 Å². The van der Waals surface area contributed by atoms with Gasteiger partial charge in [-0.3, -0.25) is 5.10 Å². The quantitative estimate of drug-likeness (QED) is 0.837. The molecule has 1 aromatic heterocycles. The van der Waals surface area contributed by atoms with Crippen molar-refractivity contribution < 1.29 is 0 Å². The van der Waals surface area contributed by atoms with Gasteiger partial charge in [-0.05, 0) is 49.9 Å². The minimum absolute atomic E-state index is 0.392. The van der Waals surface area contributed by atoms with Gasteiger partial charge in [0.15, 0.2) is 0 Å². The molecule has 3 nitrogen and oxygen atoms in total. The average molecular weight is 247 g/mol. The van der Waals surface area contributed by atoms with Crippen LogP contribution in [-0.2, 0) is 0 Å². The highest BCUT2D eigenvalue weighted by molar-refractivity contribution is 5.53. The van der Waals surface area contributed by atoms with Gasteiger partial charge in [-0.1, -0.05) is 20.8 Å². The highest BCUT2D eigenvalue weighted by atomic mass is 15.2. The molecule has 1 aromatic rings. The molecule has 2 aliphatic rings. The first kappa shape index (κ1) is 12.1. The lowest BCUT2D eigenvalue weighted by Gasteiger charge is -2.43. The molecule has 2 aliphatic carbocycles. The third-order valence-corrected chi connectivity index (χ3v) is 5.69. The second kappa shape index (κ2) is 3.52. The lowest BCUT2D eigenvalue weighted by Crippen LogP contribution is -2.46. The molecule has 0 amide bonds. The van der Waals surface area contributed by atoms with Crippen LogP contribution in [0.3, 0.4) is 0 Å². The summed E-state index contributed by atoms with van der Waals surface area (Å²) in [5, 5.41) is 11.2. The predicted octanol–water partition coefficient (Wildman–Crippen LogP) is 3.65. The van der Waals surface area contributed by atoms with Crippen LogP contribution in [0.5, 0.6) is 0 Å². The Balaban J connectivity index is 1.93. The minimum atomic E-state index is 0.392. The summed E-state index contributed by atoms with van der Waals surface area (Å²) in [6, 6.07) is 0.568. The van der Waals surface area contributed by atoms with E-state index in [2.05, 4.69) is 50.1 Å². The Labute approximate surface area is 110 Å². The number of aromatic nitrogens is 2. The van der Waals surface area contributed by atoms with Crippen LogP contribution in [0.2, 0.25) is 0 Å². The maximum Gasteiger partial charge on any atom is 0.0825 e. The molecular formula is C15H25N3. The summed E-state index contributed by atoms with van der Waals surface area (Å²) in [5.74, 6) is 0.882. The van der Waals surface area contributed by atoms with Gasteiger partial charge in [-0.2, -0.15) is 5.10 Å². The molecule has 1 heterocycles.